The summed E-state index contributed by atoms with van der Waals surface area (Å²) in [6.07, 6.45) is 2.84. The van der Waals surface area contributed by atoms with E-state index in [0.717, 1.165) is 19.3 Å². The third kappa shape index (κ3) is 3.78. The largest absolute Gasteiger partial charge is 0.334 e. The molecule has 0 aromatic rings. The Morgan fingerprint density at radius 1 is 1.40 bits per heavy atom. The van der Waals surface area contributed by atoms with Gasteiger partial charge in [0.15, 0.2) is 0 Å². The molecule has 1 aliphatic rings. The van der Waals surface area contributed by atoms with Crippen molar-refractivity contribution >= 4 is 6.03 Å². The maximum atomic E-state index is 11.5. The van der Waals surface area contributed by atoms with Gasteiger partial charge in [-0.15, -0.1) is 0 Å². The predicted octanol–water partition coefficient (Wildman–Crippen LogP) is 1.78. The van der Waals surface area contributed by atoms with Crippen molar-refractivity contribution in [3.8, 4) is 6.07 Å². The highest BCUT2D eigenvalue weighted by molar-refractivity contribution is 5.75. The third-order valence-corrected chi connectivity index (χ3v) is 2.49. The first-order valence-electron chi connectivity index (χ1n) is 5.40. The summed E-state index contributed by atoms with van der Waals surface area (Å²) < 4.78 is 0. The summed E-state index contributed by atoms with van der Waals surface area (Å²) in [6.45, 7) is 5.80. The van der Waals surface area contributed by atoms with Crippen LogP contribution in [-0.2, 0) is 0 Å². The van der Waals surface area contributed by atoms with Crippen LogP contribution in [0.5, 0.6) is 0 Å². The van der Waals surface area contributed by atoms with E-state index in [0.29, 0.717) is 0 Å². The first-order chi connectivity index (χ1) is 6.92. The molecule has 0 saturated heterocycles. The lowest BCUT2D eigenvalue weighted by molar-refractivity contribution is 0.226. The smallest absolute Gasteiger partial charge is 0.315 e. The molecule has 2 N–H and O–H groups in total. The molecule has 0 heterocycles. The molecule has 15 heavy (non-hydrogen) atoms. The van der Waals surface area contributed by atoms with E-state index in [4.69, 9.17) is 5.26 Å². The van der Waals surface area contributed by atoms with Crippen molar-refractivity contribution in [3.05, 3.63) is 0 Å². The fourth-order valence-electron chi connectivity index (χ4n) is 1.83. The molecule has 4 nitrogen and oxygen atoms in total. The fourth-order valence-corrected chi connectivity index (χ4v) is 1.83. The van der Waals surface area contributed by atoms with Crippen LogP contribution in [0.1, 0.15) is 40.0 Å². The third-order valence-electron chi connectivity index (χ3n) is 2.49. The lowest BCUT2D eigenvalue weighted by atomic mass is 10.1. The summed E-state index contributed by atoms with van der Waals surface area (Å²) >= 11 is 0. The quantitative estimate of drug-likeness (QED) is 0.691. The van der Waals surface area contributed by atoms with Gasteiger partial charge in [0.1, 0.15) is 0 Å². The molecule has 4 heteroatoms. The monoisotopic (exact) mass is 209 g/mol. The zero-order valence-corrected chi connectivity index (χ0v) is 9.63. The average molecular weight is 209 g/mol. The van der Waals surface area contributed by atoms with Gasteiger partial charge < -0.3 is 10.6 Å². The van der Waals surface area contributed by atoms with E-state index in [1.165, 1.54) is 0 Å². The van der Waals surface area contributed by atoms with E-state index in [1.807, 2.05) is 20.8 Å². The van der Waals surface area contributed by atoms with Crippen molar-refractivity contribution in [1.29, 1.82) is 5.26 Å². The molecule has 0 aromatic carbocycles. The summed E-state index contributed by atoms with van der Waals surface area (Å²) in [4.78, 5) is 11.5. The van der Waals surface area contributed by atoms with Gasteiger partial charge in [-0.2, -0.15) is 5.26 Å². The van der Waals surface area contributed by atoms with E-state index >= 15 is 0 Å². The van der Waals surface area contributed by atoms with Crippen LogP contribution < -0.4 is 10.6 Å². The van der Waals surface area contributed by atoms with E-state index in [9.17, 15) is 4.79 Å². The molecule has 84 valence electrons. The second kappa shape index (κ2) is 4.52. The molecule has 0 aliphatic heterocycles. The fraction of sp³-hybridized carbons (Fsp3) is 0.818. The number of hydrogen-bond donors (Lipinski definition) is 2. The van der Waals surface area contributed by atoms with Crippen molar-refractivity contribution in [2.24, 2.45) is 5.92 Å². The number of amides is 2. The van der Waals surface area contributed by atoms with Gasteiger partial charge in [0.2, 0.25) is 0 Å². The highest BCUT2D eigenvalue weighted by Crippen LogP contribution is 2.24. The number of nitrogens with one attached hydrogen (secondary N) is 2. The Hall–Kier alpha value is -1.24. The average Bonchev–Trinajstić information content (AvgIpc) is 2.48. The summed E-state index contributed by atoms with van der Waals surface area (Å²) in [5.41, 5.74) is -0.231. The highest BCUT2D eigenvalue weighted by atomic mass is 16.2. The maximum Gasteiger partial charge on any atom is 0.315 e. The van der Waals surface area contributed by atoms with Gasteiger partial charge in [0.05, 0.1) is 12.0 Å². The molecule has 1 fully saturated rings. The maximum absolute atomic E-state index is 11.5. The Morgan fingerprint density at radius 2 is 2.07 bits per heavy atom. The van der Waals surface area contributed by atoms with Gasteiger partial charge in [-0.25, -0.2) is 4.79 Å². The van der Waals surface area contributed by atoms with Crippen LogP contribution in [0.2, 0.25) is 0 Å². The van der Waals surface area contributed by atoms with E-state index in [1.54, 1.807) is 0 Å². The van der Waals surface area contributed by atoms with Crippen molar-refractivity contribution in [3.63, 3.8) is 0 Å². The van der Waals surface area contributed by atoms with Crippen LogP contribution in [0, 0.1) is 17.2 Å². The van der Waals surface area contributed by atoms with Gasteiger partial charge in [-0.3, -0.25) is 0 Å². The summed E-state index contributed by atoms with van der Waals surface area (Å²) in [5, 5.41) is 14.6. The van der Waals surface area contributed by atoms with Crippen LogP contribution in [0.15, 0.2) is 0 Å². The molecule has 1 aliphatic carbocycles. The number of nitriles is 1. The molecule has 1 saturated carbocycles. The molecule has 2 atom stereocenters. The molecular weight excluding hydrogens is 190 g/mol. The predicted molar refractivity (Wildman–Crippen MR) is 58.2 cm³/mol. The minimum atomic E-state index is -0.231. The van der Waals surface area contributed by atoms with Gasteiger partial charge in [0, 0.05) is 11.6 Å². The summed E-state index contributed by atoms with van der Waals surface area (Å²) in [6, 6.07) is 2.09. The van der Waals surface area contributed by atoms with Gasteiger partial charge >= 0.3 is 6.03 Å². The second-order valence-electron chi connectivity index (χ2n) is 5.12. The Balaban J connectivity index is 2.42. The number of hydrogen-bond acceptors (Lipinski definition) is 2. The molecule has 2 unspecified atom stereocenters. The second-order valence-corrected chi connectivity index (χ2v) is 5.12. The van der Waals surface area contributed by atoms with Crippen LogP contribution >= 0.6 is 0 Å². The van der Waals surface area contributed by atoms with Gasteiger partial charge in [-0.05, 0) is 40.0 Å². The number of urea groups is 1. The molecule has 0 spiro atoms. The molecule has 0 aromatic heterocycles. The van der Waals surface area contributed by atoms with Crippen LogP contribution in [0.25, 0.3) is 0 Å². The minimum Gasteiger partial charge on any atom is -0.334 e. The minimum absolute atomic E-state index is 0.0179. The van der Waals surface area contributed by atoms with Crippen molar-refractivity contribution in [2.45, 2.75) is 51.6 Å². The zero-order valence-electron chi connectivity index (χ0n) is 9.63. The van der Waals surface area contributed by atoms with Gasteiger partial charge in [0.25, 0.3) is 0 Å². The standard InChI is InChI=1S/C11H19N3O/c1-11(2,3)14-10(15)13-9-6-4-5-8(9)7-12/h8-9H,4-6H2,1-3H3,(H2,13,14,15). The van der Waals surface area contributed by atoms with E-state index < -0.39 is 0 Å². The topological polar surface area (TPSA) is 64.9 Å². The first-order valence-corrected chi connectivity index (χ1v) is 5.40. The normalized spacial score (nSPS) is 25.7. The Morgan fingerprint density at radius 3 is 2.60 bits per heavy atom. The highest BCUT2D eigenvalue weighted by Gasteiger charge is 2.29. The Bertz CT molecular complexity index is 275. The number of carbonyl (C=O) groups excluding carboxylic acids is 1. The van der Waals surface area contributed by atoms with Crippen molar-refractivity contribution in [2.75, 3.05) is 0 Å². The number of nitrogens with zero attached hydrogens (tertiary/aromatic N) is 1. The molecule has 1 rings (SSSR count). The lowest BCUT2D eigenvalue weighted by Crippen LogP contribution is -2.50. The van der Waals surface area contributed by atoms with E-state index in [2.05, 4.69) is 16.7 Å². The van der Waals surface area contributed by atoms with Crippen molar-refractivity contribution in [1.82, 2.24) is 10.6 Å². The number of carbonyl (C=O) groups is 1. The zero-order chi connectivity index (χ0) is 11.5. The summed E-state index contributed by atoms with van der Waals surface area (Å²) in [5.74, 6) is -0.0179. The Labute approximate surface area is 91.0 Å². The molecule has 0 bridgehead atoms. The van der Waals surface area contributed by atoms with Crippen LogP contribution in [0.4, 0.5) is 4.79 Å². The Kier molecular flexibility index (Phi) is 3.57. The molecule has 2 amide bonds. The first kappa shape index (κ1) is 11.8. The van der Waals surface area contributed by atoms with Crippen LogP contribution in [0.3, 0.4) is 0 Å². The summed E-state index contributed by atoms with van der Waals surface area (Å²) in [7, 11) is 0. The van der Waals surface area contributed by atoms with Crippen molar-refractivity contribution < 1.29 is 4.79 Å². The van der Waals surface area contributed by atoms with Crippen LogP contribution in [-0.4, -0.2) is 17.6 Å². The van der Waals surface area contributed by atoms with Gasteiger partial charge in [-0.1, -0.05) is 0 Å². The lowest BCUT2D eigenvalue weighted by Gasteiger charge is -2.23. The molecular formula is C11H19N3O. The van der Waals surface area contributed by atoms with E-state index in [-0.39, 0.29) is 23.5 Å². The molecule has 0 radical (unpaired) electrons. The number of rotatable bonds is 1. The SMILES string of the molecule is CC(C)(C)NC(=O)NC1CCCC1C#N.